The Hall–Kier alpha value is -3.45. The largest absolute Gasteiger partial charge is 0.383 e. The van der Waals surface area contributed by atoms with Crippen molar-refractivity contribution in [3.05, 3.63) is 106 Å². The number of methoxy groups -OCH3 is 1. The molecule has 4 rings (SSSR count). The molecule has 0 aliphatic carbocycles. The molecule has 6 nitrogen and oxygen atoms in total. The number of carbonyl (C=O) groups excluding carboxylic acids is 2. The average Bonchev–Trinajstić information content (AvgIpc) is 3.32. The molecule has 1 amide bonds. The maximum Gasteiger partial charge on any atom is 0.253 e. The Kier molecular flexibility index (Phi) is 8.54. The highest BCUT2D eigenvalue weighted by molar-refractivity contribution is 6.31. The number of amides is 1. The minimum absolute atomic E-state index is 0.0700. The third-order valence-corrected chi connectivity index (χ3v) is 6.52. The van der Waals surface area contributed by atoms with Gasteiger partial charge in [-0.25, -0.2) is 0 Å². The number of aromatic nitrogens is 1. The third-order valence-electron chi connectivity index (χ3n) is 6.16. The monoisotopic (exact) mass is 503 g/mol. The van der Waals surface area contributed by atoms with Gasteiger partial charge >= 0.3 is 0 Å². The molecule has 0 unspecified atom stereocenters. The van der Waals surface area contributed by atoms with Gasteiger partial charge in [0.15, 0.2) is 5.78 Å². The molecule has 0 aliphatic heterocycles. The van der Waals surface area contributed by atoms with Crippen molar-refractivity contribution in [2.75, 3.05) is 26.8 Å². The fourth-order valence-corrected chi connectivity index (χ4v) is 4.61. The van der Waals surface area contributed by atoms with E-state index < -0.39 is 6.04 Å². The van der Waals surface area contributed by atoms with Crippen molar-refractivity contribution < 1.29 is 14.3 Å². The Labute approximate surface area is 216 Å². The summed E-state index contributed by atoms with van der Waals surface area (Å²) in [7, 11) is 1.59. The van der Waals surface area contributed by atoms with Crippen molar-refractivity contribution in [3.8, 4) is 0 Å². The van der Waals surface area contributed by atoms with Crippen LogP contribution in [-0.4, -0.2) is 43.5 Å². The number of aryl methyl sites for hydroxylation is 1. The number of halogens is 1. The molecule has 0 saturated heterocycles. The van der Waals surface area contributed by atoms with Gasteiger partial charge in [-0.1, -0.05) is 66.2 Å². The molecule has 0 aliphatic rings. The van der Waals surface area contributed by atoms with Crippen LogP contribution in [0.2, 0.25) is 5.02 Å². The number of hydrogen-bond acceptors (Lipinski definition) is 4. The number of hydrogen-bond donors (Lipinski definition) is 3. The summed E-state index contributed by atoms with van der Waals surface area (Å²) in [5, 5.41) is 7.71. The van der Waals surface area contributed by atoms with Gasteiger partial charge in [0.2, 0.25) is 0 Å². The Balaban J connectivity index is 1.58. The van der Waals surface area contributed by atoms with E-state index in [1.54, 1.807) is 25.4 Å². The summed E-state index contributed by atoms with van der Waals surface area (Å²) < 4.78 is 5.01. The minimum atomic E-state index is -0.548. The van der Waals surface area contributed by atoms with Crippen LogP contribution in [0.4, 0.5) is 0 Å². The molecule has 0 radical (unpaired) electrons. The number of carbonyl (C=O) groups is 2. The zero-order valence-corrected chi connectivity index (χ0v) is 21.2. The lowest BCUT2D eigenvalue weighted by atomic mass is 9.96. The van der Waals surface area contributed by atoms with Crippen molar-refractivity contribution >= 4 is 34.2 Å². The van der Waals surface area contributed by atoms with Crippen LogP contribution in [0.3, 0.4) is 0 Å². The summed E-state index contributed by atoms with van der Waals surface area (Å²) >= 11 is 6.41. The van der Waals surface area contributed by atoms with Gasteiger partial charge in [-0.15, -0.1) is 0 Å². The summed E-state index contributed by atoms with van der Waals surface area (Å²) in [6.45, 7) is 3.41. The molecule has 36 heavy (non-hydrogen) atoms. The van der Waals surface area contributed by atoms with Gasteiger partial charge in [0.1, 0.15) is 0 Å². The second-order valence-corrected chi connectivity index (χ2v) is 9.09. The quantitative estimate of drug-likeness (QED) is 0.192. The fraction of sp³-hybridized carbons (Fsp3) is 0.241. The van der Waals surface area contributed by atoms with Crippen LogP contribution in [0.1, 0.15) is 43.4 Å². The summed E-state index contributed by atoms with van der Waals surface area (Å²) in [5.41, 5.74) is 4.67. The number of Topliss-reactive ketones (excluding diaryl/α,β-unsaturated/α-hetero) is 1. The highest BCUT2D eigenvalue weighted by Crippen LogP contribution is 2.27. The van der Waals surface area contributed by atoms with Gasteiger partial charge in [-0.2, -0.15) is 0 Å². The van der Waals surface area contributed by atoms with Crippen LogP contribution in [0, 0.1) is 6.92 Å². The van der Waals surface area contributed by atoms with Gasteiger partial charge in [0, 0.05) is 42.4 Å². The van der Waals surface area contributed by atoms with E-state index in [-0.39, 0.29) is 11.7 Å². The lowest BCUT2D eigenvalue weighted by Gasteiger charge is -2.18. The van der Waals surface area contributed by atoms with Gasteiger partial charge in [0.05, 0.1) is 23.7 Å². The number of nitrogens with one attached hydrogen (secondary N) is 3. The SMILES string of the molecule is COCCNC(=O)c1cccc2c(C(=O)[C@@H](NCCc3ccc(C)cc3Cl)c3ccccc3)c[nH]c12. The molecule has 1 heterocycles. The minimum Gasteiger partial charge on any atom is -0.383 e. The van der Waals surface area contributed by atoms with Crippen LogP contribution >= 0.6 is 11.6 Å². The summed E-state index contributed by atoms with van der Waals surface area (Å²) in [6.07, 6.45) is 2.38. The second kappa shape index (κ2) is 12.0. The van der Waals surface area contributed by atoms with E-state index in [4.69, 9.17) is 16.3 Å². The number of ether oxygens (including phenoxy) is 1. The van der Waals surface area contributed by atoms with Crippen LogP contribution < -0.4 is 10.6 Å². The molecular formula is C29H30ClN3O3. The van der Waals surface area contributed by atoms with Crippen molar-refractivity contribution in [3.63, 3.8) is 0 Å². The maximum absolute atomic E-state index is 13.8. The van der Waals surface area contributed by atoms with E-state index in [1.807, 2.05) is 61.5 Å². The normalized spacial score (nSPS) is 12.0. The van der Waals surface area contributed by atoms with E-state index in [0.29, 0.717) is 48.1 Å². The maximum atomic E-state index is 13.8. The van der Waals surface area contributed by atoms with E-state index in [2.05, 4.69) is 15.6 Å². The standard InChI is InChI=1S/C29H30ClN3O3/c1-19-11-12-20(25(30)17-19)13-14-31-26(21-7-4-3-5-8-21)28(34)24-18-33-27-22(24)9-6-10-23(27)29(35)32-15-16-36-2/h3-12,17-18,26,31,33H,13-16H2,1-2H3,(H,32,35)/t26-/m0/s1. The molecule has 3 aromatic carbocycles. The molecule has 0 saturated carbocycles. The Bertz CT molecular complexity index is 1350. The first kappa shape index (κ1) is 25.6. The lowest BCUT2D eigenvalue weighted by Crippen LogP contribution is -2.30. The number of ketones is 1. The molecule has 7 heteroatoms. The summed E-state index contributed by atoms with van der Waals surface area (Å²) in [4.78, 5) is 29.7. The fourth-order valence-electron chi connectivity index (χ4n) is 4.28. The van der Waals surface area contributed by atoms with Crippen molar-refractivity contribution in [2.24, 2.45) is 0 Å². The average molecular weight is 504 g/mol. The number of benzene rings is 3. The third kappa shape index (κ3) is 5.85. The molecule has 0 spiro atoms. The number of aromatic amines is 1. The van der Waals surface area contributed by atoms with Gasteiger partial charge in [-0.3, -0.25) is 9.59 Å². The van der Waals surface area contributed by atoms with Gasteiger partial charge in [-0.05, 0) is 42.2 Å². The molecule has 3 N–H and O–H groups in total. The molecule has 1 atom stereocenters. The topological polar surface area (TPSA) is 83.2 Å². The molecule has 4 aromatic rings. The first-order chi connectivity index (χ1) is 17.5. The number of fused-ring (bicyclic) bond motifs is 1. The van der Waals surface area contributed by atoms with Gasteiger partial charge in [0.25, 0.3) is 5.91 Å². The van der Waals surface area contributed by atoms with Crippen molar-refractivity contribution in [1.29, 1.82) is 0 Å². The molecule has 186 valence electrons. The second-order valence-electron chi connectivity index (χ2n) is 8.69. The first-order valence-electron chi connectivity index (χ1n) is 11.9. The Morgan fingerprint density at radius 2 is 1.81 bits per heavy atom. The predicted molar refractivity (Wildman–Crippen MR) is 144 cm³/mol. The van der Waals surface area contributed by atoms with Crippen LogP contribution in [0.5, 0.6) is 0 Å². The number of H-pyrrole nitrogens is 1. The Morgan fingerprint density at radius 1 is 1.00 bits per heavy atom. The number of para-hydroxylation sites is 1. The number of rotatable bonds is 11. The van der Waals surface area contributed by atoms with E-state index in [0.717, 1.165) is 21.7 Å². The van der Waals surface area contributed by atoms with Crippen molar-refractivity contribution in [1.82, 2.24) is 15.6 Å². The zero-order valence-electron chi connectivity index (χ0n) is 20.4. The highest BCUT2D eigenvalue weighted by atomic mass is 35.5. The smallest absolute Gasteiger partial charge is 0.253 e. The summed E-state index contributed by atoms with van der Waals surface area (Å²) in [6, 6.07) is 20.5. The van der Waals surface area contributed by atoms with E-state index in [1.165, 1.54) is 0 Å². The van der Waals surface area contributed by atoms with Crippen molar-refractivity contribution in [2.45, 2.75) is 19.4 Å². The lowest BCUT2D eigenvalue weighted by molar-refractivity contribution is 0.0933. The Morgan fingerprint density at radius 3 is 2.56 bits per heavy atom. The highest BCUT2D eigenvalue weighted by Gasteiger charge is 2.25. The zero-order chi connectivity index (χ0) is 25.5. The molecule has 0 bridgehead atoms. The first-order valence-corrected chi connectivity index (χ1v) is 12.3. The molecule has 0 fully saturated rings. The van der Waals surface area contributed by atoms with E-state index in [9.17, 15) is 9.59 Å². The summed E-state index contributed by atoms with van der Waals surface area (Å²) in [5.74, 6) is -0.286. The van der Waals surface area contributed by atoms with Gasteiger partial charge < -0.3 is 20.4 Å². The molecule has 1 aromatic heterocycles. The van der Waals surface area contributed by atoms with E-state index >= 15 is 0 Å². The van der Waals surface area contributed by atoms with Crippen LogP contribution in [0.25, 0.3) is 10.9 Å². The molecular weight excluding hydrogens is 474 g/mol. The van der Waals surface area contributed by atoms with Crippen LogP contribution in [-0.2, 0) is 11.2 Å². The van der Waals surface area contributed by atoms with Crippen LogP contribution in [0.15, 0.2) is 72.9 Å². The predicted octanol–water partition coefficient (Wildman–Crippen LogP) is 5.26.